The molecule has 1 aromatic heterocycles. The molecule has 1 saturated heterocycles. The lowest BCUT2D eigenvalue weighted by molar-refractivity contribution is 0.0543. The minimum absolute atomic E-state index is 0.155. The number of pyridine rings is 1. The number of hydrogen-bond donors (Lipinski definition) is 1. The molecule has 0 aliphatic carbocycles. The van der Waals surface area contributed by atoms with Crippen LogP contribution in [0.2, 0.25) is 0 Å². The van der Waals surface area contributed by atoms with E-state index in [2.05, 4.69) is 22.4 Å². The van der Waals surface area contributed by atoms with Crippen molar-refractivity contribution in [1.29, 1.82) is 0 Å². The van der Waals surface area contributed by atoms with Gasteiger partial charge in [0.05, 0.1) is 5.69 Å². The highest BCUT2D eigenvalue weighted by molar-refractivity contribution is 7.92. The van der Waals surface area contributed by atoms with Gasteiger partial charge in [-0.1, -0.05) is 24.3 Å². The number of ether oxygens (including phenoxy) is 3. The molecule has 5 rings (SSSR count). The molecule has 0 amide bonds. The third kappa shape index (κ3) is 4.66. The van der Waals surface area contributed by atoms with Gasteiger partial charge in [0.1, 0.15) is 10.7 Å². The van der Waals surface area contributed by atoms with Gasteiger partial charge in [0.2, 0.25) is 6.79 Å². The normalized spacial score (nSPS) is 16.6. The lowest BCUT2D eigenvalue weighted by Gasteiger charge is -2.38. The highest BCUT2D eigenvalue weighted by Gasteiger charge is 2.36. The predicted molar refractivity (Wildman–Crippen MR) is 134 cm³/mol. The molecule has 0 bridgehead atoms. The maximum atomic E-state index is 13.2. The molecule has 0 atom stereocenters. The first-order chi connectivity index (χ1) is 17.0. The van der Waals surface area contributed by atoms with Gasteiger partial charge < -0.3 is 19.5 Å². The van der Waals surface area contributed by atoms with Crippen LogP contribution in [0.25, 0.3) is 0 Å². The van der Waals surface area contributed by atoms with Crippen LogP contribution in [-0.4, -0.2) is 46.5 Å². The van der Waals surface area contributed by atoms with Crippen LogP contribution in [0.5, 0.6) is 11.5 Å². The summed E-state index contributed by atoms with van der Waals surface area (Å²) in [7, 11) is -3.72. The first-order valence-electron chi connectivity index (χ1n) is 11.8. The number of anilines is 2. The van der Waals surface area contributed by atoms with Crippen molar-refractivity contribution in [3.8, 4) is 11.5 Å². The fraction of sp³-hybridized carbons (Fsp3) is 0.346. The van der Waals surface area contributed by atoms with Gasteiger partial charge in [-0.2, -0.15) is 0 Å². The molecule has 8 nitrogen and oxygen atoms in total. The van der Waals surface area contributed by atoms with Crippen LogP contribution >= 0.6 is 0 Å². The summed E-state index contributed by atoms with van der Waals surface area (Å²) in [6.45, 7) is 4.37. The Labute approximate surface area is 205 Å². The minimum Gasteiger partial charge on any atom is -0.454 e. The van der Waals surface area contributed by atoms with Gasteiger partial charge in [0.25, 0.3) is 10.0 Å². The largest absolute Gasteiger partial charge is 0.454 e. The molecular weight excluding hydrogens is 466 g/mol. The van der Waals surface area contributed by atoms with Gasteiger partial charge in [-0.25, -0.2) is 13.4 Å². The maximum absolute atomic E-state index is 13.2. The summed E-state index contributed by atoms with van der Waals surface area (Å²) in [6, 6.07) is 18.5. The van der Waals surface area contributed by atoms with Crippen LogP contribution in [-0.2, 0) is 20.2 Å². The summed E-state index contributed by atoms with van der Waals surface area (Å²) >= 11 is 0. The van der Waals surface area contributed by atoms with Gasteiger partial charge >= 0.3 is 0 Å². The fourth-order valence-electron chi connectivity index (χ4n) is 4.67. The second-order valence-corrected chi connectivity index (χ2v) is 10.6. The van der Waals surface area contributed by atoms with E-state index in [1.807, 2.05) is 31.2 Å². The molecule has 2 aromatic carbocycles. The zero-order chi connectivity index (χ0) is 24.3. The number of para-hydroxylation sites is 1. The third-order valence-corrected chi connectivity index (χ3v) is 8.58. The van der Waals surface area contributed by atoms with Crippen LogP contribution in [0.3, 0.4) is 0 Å². The molecule has 9 heteroatoms. The monoisotopic (exact) mass is 495 g/mol. The Morgan fingerprint density at radius 3 is 2.49 bits per heavy atom. The molecule has 0 spiro atoms. The molecule has 1 N–H and O–H groups in total. The summed E-state index contributed by atoms with van der Waals surface area (Å²) < 4.78 is 44.6. The molecular formula is C26H29N3O5S. The van der Waals surface area contributed by atoms with Gasteiger partial charge in [0, 0.05) is 37.9 Å². The van der Waals surface area contributed by atoms with E-state index in [1.54, 1.807) is 24.3 Å². The Morgan fingerprint density at radius 1 is 1.00 bits per heavy atom. The van der Waals surface area contributed by atoms with E-state index >= 15 is 0 Å². The minimum atomic E-state index is -3.72. The van der Waals surface area contributed by atoms with Crippen molar-refractivity contribution >= 4 is 21.5 Å². The SMILES string of the molecule is CCN(c1ccccc1)S(=O)(=O)c1ccc(NCC2(c3ccc4c(c3)OCO4)CCOCC2)nc1. The Kier molecular flexibility index (Phi) is 6.53. The summed E-state index contributed by atoms with van der Waals surface area (Å²) in [5.41, 5.74) is 1.64. The highest BCUT2D eigenvalue weighted by Crippen LogP contribution is 2.41. The number of benzene rings is 2. The standard InChI is InChI=1S/C26H29N3O5S/c1-2-29(21-6-4-3-5-7-21)35(30,31)22-9-11-25(27-17-22)28-18-26(12-14-32-15-13-26)20-8-10-23-24(16-20)34-19-33-23/h3-11,16-17H,2,12-15,18-19H2,1H3,(H,27,28). The zero-order valence-corrected chi connectivity index (χ0v) is 20.5. The predicted octanol–water partition coefficient (Wildman–Crippen LogP) is 4.19. The molecule has 3 heterocycles. The van der Waals surface area contributed by atoms with E-state index < -0.39 is 10.0 Å². The molecule has 0 unspecified atom stereocenters. The molecule has 184 valence electrons. The average molecular weight is 496 g/mol. The van der Waals surface area contributed by atoms with Gasteiger partial charge in [-0.15, -0.1) is 0 Å². The van der Waals surface area contributed by atoms with E-state index in [9.17, 15) is 8.42 Å². The number of nitrogens with zero attached hydrogens (tertiary/aromatic N) is 2. The van der Waals surface area contributed by atoms with Crippen molar-refractivity contribution in [1.82, 2.24) is 4.98 Å². The zero-order valence-electron chi connectivity index (χ0n) is 19.6. The van der Waals surface area contributed by atoms with Crippen LogP contribution in [0, 0.1) is 0 Å². The topological polar surface area (TPSA) is 90.0 Å². The van der Waals surface area contributed by atoms with Crippen molar-refractivity contribution in [3.63, 3.8) is 0 Å². The second-order valence-electron chi connectivity index (χ2n) is 8.70. The number of fused-ring (bicyclic) bond motifs is 1. The summed E-state index contributed by atoms with van der Waals surface area (Å²) in [5, 5.41) is 3.43. The van der Waals surface area contributed by atoms with Crippen LogP contribution < -0.4 is 19.1 Å². The molecule has 0 saturated carbocycles. The first kappa shape index (κ1) is 23.4. The molecule has 2 aliphatic rings. The van der Waals surface area contributed by atoms with Crippen LogP contribution in [0.1, 0.15) is 25.3 Å². The number of rotatable bonds is 8. The van der Waals surface area contributed by atoms with Crippen LogP contribution in [0.4, 0.5) is 11.5 Å². The summed E-state index contributed by atoms with van der Waals surface area (Å²) in [6.07, 6.45) is 3.13. The smallest absolute Gasteiger partial charge is 0.265 e. The fourth-order valence-corrected chi connectivity index (χ4v) is 6.09. The second kappa shape index (κ2) is 9.75. The van der Waals surface area contributed by atoms with Gasteiger partial charge in [-0.05, 0) is 61.7 Å². The van der Waals surface area contributed by atoms with Crippen molar-refractivity contribution in [2.45, 2.75) is 30.1 Å². The Hall–Kier alpha value is -3.30. The maximum Gasteiger partial charge on any atom is 0.265 e. The summed E-state index contributed by atoms with van der Waals surface area (Å²) in [4.78, 5) is 4.59. The van der Waals surface area contributed by atoms with E-state index in [0.29, 0.717) is 37.8 Å². The molecule has 1 fully saturated rings. The number of aromatic nitrogens is 1. The number of hydrogen-bond acceptors (Lipinski definition) is 7. The number of sulfonamides is 1. The van der Waals surface area contributed by atoms with Crippen molar-refractivity contribution in [3.05, 3.63) is 72.4 Å². The van der Waals surface area contributed by atoms with E-state index in [4.69, 9.17) is 14.2 Å². The van der Waals surface area contributed by atoms with Crippen LogP contribution in [0.15, 0.2) is 71.8 Å². The lowest BCUT2D eigenvalue weighted by Crippen LogP contribution is -2.40. The highest BCUT2D eigenvalue weighted by atomic mass is 32.2. The van der Waals surface area contributed by atoms with E-state index in [1.165, 1.54) is 10.5 Å². The Morgan fingerprint density at radius 2 is 1.77 bits per heavy atom. The molecule has 0 radical (unpaired) electrons. The Balaban J connectivity index is 1.34. The summed E-state index contributed by atoms with van der Waals surface area (Å²) in [5.74, 6) is 2.15. The molecule has 35 heavy (non-hydrogen) atoms. The lowest BCUT2D eigenvalue weighted by atomic mass is 9.74. The third-order valence-electron chi connectivity index (χ3n) is 6.70. The van der Waals surface area contributed by atoms with E-state index in [-0.39, 0.29) is 17.1 Å². The number of nitrogens with one attached hydrogen (secondary N) is 1. The molecule has 2 aliphatic heterocycles. The average Bonchev–Trinajstić information content (AvgIpc) is 3.37. The van der Waals surface area contributed by atoms with Gasteiger partial charge in [0.15, 0.2) is 11.5 Å². The Bertz CT molecular complexity index is 1260. The molecule has 3 aromatic rings. The van der Waals surface area contributed by atoms with Gasteiger partial charge in [-0.3, -0.25) is 4.31 Å². The van der Waals surface area contributed by atoms with Crippen molar-refractivity contribution in [2.24, 2.45) is 0 Å². The van der Waals surface area contributed by atoms with Crippen molar-refractivity contribution in [2.75, 3.05) is 42.7 Å². The van der Waals surface area contributed by atoms with E-state index in [0.717, 1.165) is 29.9 Å². The van der Waals surface area contributed by atoms with Crippen molar-refractivity contribution < 1.29 is 22.6 Å². The quantitative estimate of drug-likeness (QED) is 0.501. The first-order valence-corrected chi connectivity index (χ1v) is 13.2.